The Hall–Kier alpha value is -4.42. The molecule has 0 unspecified atom stereocenters. The van der Waals surface area contributed by atoms with E-state index in [1.54, 1.807) is 58.0 Å². The molecule has 0 saturated carbocycles. The minimum Gasteiger partial charge on any atom is -0.444 e. The number of ether oxygens (including phenoxy) is 1. The van der Waals surface area contributed by atoms with Gasteiger partial charge in [-0.15, -0.1) is 5.10 Å². The van der Waals surface area contributed by atoms with Gasteiger partial charge in [0.05, 0.1) is 0 Å². The van der Waals surface area contributed by atoms with Crippen molar-refractivity contribution in [3.63, 3.8) is 0 Å². The van der Waals surface area contributed by atoms with E-state index in [4.69, 9.17) is 10.5 Å². The van der Waals surface area contributed by atoms with Gasteiger partial charge in [0.1, 0.15) is 17.7 Å². The molecule has 0 radical (unpaired) electrons. The highest BCUT2D eigenvalue weighted by atomic mass is 16.6. The summed E-state index contributed by atoms with van der Waals surface area (Å²) in [4.78, 5) is 41.0. The number of carbonyl (C=O) groups is 2. The quantitative estimate of drug-likeness (QED) is 0.455. The monoisotopic (exact) mass is 522 g/mol. The highest BCUT2D eigenvalue weighted by Crippen LogP contribution is 2.24. The normalized spacial score (nSPS) is 17.7. The number of carbonyl (C=O) groups excluding carboxylic acids is 2. The highest BCUT2D eigenvalue weighted by molar-refractivity contribution is 5.85. The van der Waals surface area contributed by atoms with Crippen LogP contribution >= 0.6 is 0 Å². The van der Waals surface area contributed by atoms with E-state index < -0.39 is 11.7 Å². The second-order valence-electron chi connectivity index (χ2n) is 10.3. The van der Waals surface area contributed by atoms with Crippen molar-refractivity contribution < 1.29 is 14.3 Å². The standard InChI is InChI=1S/C25H34N10O3/c1-15-12-33(13-16(2)34(15)17(3)36)20-11-21(28-14-27-20)35-22(26)31-23(32-35)29-18-7-9-19(10-8-18)30-24(37)38-25(4,5)6/h7-11,14-16H,12-13H2,1-6H3,(H,30,37)(H3,26,29,31,32)/t15-,16+. The largest absolute Gasteiger partial charge is 0.444 e. The van der Waals surface area contributed by atoms with Gasteiger partial charge in [0.2, 0.25) is 17.8 Å². The Balaban J connectivity index is 1.45. The van der Waals surface area contributed by atoms with Gasteiger partial charge in [0, 0.05) is 49.5 Å². The molecule has 0 spiro atoms. The minimum atomic E-state index is -0.582. The maximum Gasteiger partial charge on any atom is 0.412 e. The van der Waals surface area contributed by atoms with E-state index in [1.165, 1.54) is 11.0 Å². The Morgan fingerprint density at radius 3 is 2.24 bits per heavy atom. The van der Waals surface area contributed by atoms with Crippen LogP contribution in [0.1, 0.15) is 41.5 Å². The second-order valence-corrected chi connectivity index (χ2v) is 10.3. The lowest BCUT2D eigenvalue weighted by Crippen LogP contribution is -2.58. The number of benzene rings is 1. The van der Waals surface area contributed by atoms with Crippen molar-refractivity contribution in [1.82, 2.24) is 29.6 Å². The number of nitrogens with zero attached hydrogens (tertiary/aromatic N) is 7. The number of hydrogen-bond acceptors (Lipinski definition) is 10. The molecular weight excluding hydrogens is 488 g/mol. The lowest BCUT2D eigenvalue weighted by atomic mass is 10.1. The molecule has 1 fully saturated rings. The Kier molecular flexibility index (Phi) is 7.37. The molecule has 13 nitrogen and oxygen atoms in total. The van der Waals surface area contributed by atoms with Crippen molar-refractivity contribution in [3.05, 3.63) is 36.7 Å². The molecule has 1 aliphatic rings. The molecule has 1 aliphatic heterocycles. The molecule has 4 N–H and O–H groups in total. The number of amides is 2. The fourth-order valence-electron chi connectivity index (χ4n) is 4.49. The van der Waals surface area contributed by atoms with E-state index >= 15 is 0 Å². The van der Waals surface area contributed by atoms with Gasteiger partial charge < -0.3 is 25.6 Å². The molecule has 1 aromatic carbocycles. The number of nitrogen functional groups attached to an aromatic ring is 1. The zero-order valence-electron chi connectivity index (χ0n) is 22.5. The summed E-state index contributed by atoms with van der Waals surface area (Å²) < 4.78 is 6.70. The highest BCUT2D eigenvalue weighted by Gasteiger charge is 2.32. The van der Waals surface area contributed by atoms with Gasteiger partial charge in [-0.25, -0.2) is 14.8 Å². The fraction of sp³-hybridized carbons (Fsp3) is 0.440. The zero-order valence-corrected chi connectivity index (χ0v) is 22.5. The summed E-state index contributed by atoms with van der Waals surface area (Å²) in [6, 6.07) is 8.91. The third-order valence-corrected chi connectivity index (χ3v) is 5.88. The topological polar surface area (TPSA) is 156 Å². The number of nitrogens with one attached hydrogen (secondary N) is 2. The van der Waals surface area contributed by atoms with E-state index in [-0.39, 0.29) is 29.9 Å². The summed E-state index contributed by atoms with van der Waals surface area (Å²) in [5.74, 6) is 1.70. The van der Waals surface area contributed by atoms with Crippen LogP contribution in [0.5, 0.6) is 0 Å². The molecule has 0 aliphatic carbocycles. The van der Waals surface area contributed by atoms with Crippen molar-refractivity contribution in [3.8, 4) is 5.82 Å². The lowest BCUT2D eigenvalue weighted by Gasteiger charge is -2.44. The summed E-state index contributed by atoms with van der Waals surface area (Å²) >= 11 is 0. The first-order valence-electron chi connectivity index (χ1n) is 12.4. The average molecular weight is 523 g/mol. The molecular formula is C25H34N10O3. The molecule has 202 valence electrons. The first-order chi connectivity index (χ1) is 17.9. The van der Waals surface area contributed by atoms with E-state index in [0.717, 1.165) is 5.82 Å². The van der Waals surface area contributed by atoms with Crippen LogP contribution in [0.3, 0.4) is 0 Å². The third kappa shape index (κ3) is 6.28. The van der Waals surface area contributed by atoms with Crippen molar-refractivity contribution in [2.24, 2.45) is 0 Å². The van der Waals surface area contributed by atoms with Crippen LogP contribution in [0.4, 0.5) is 33.9 Å². The van der Waals surface area contributed by atoms with Gasteiger partial charge in [-0.3, -0.25) is 10.1 Å². The molecule has 2 aromatic heterocycles. The van der Waals surface area contributed by atoms with Crippen LogP contribution in [0, 0.1) is 0 Å². The number of rotatable bonds is 5. The smallest absolute Gasteiger partial charge is 0.412 e. The van der Waals surface area contributed by atoms with Crippen molar-refractivity contribution in [2.75, 3.05) is 34.4 Å². The Labute approximate surface area is 221 Å². The van der Waals surface area contributed by atoms with Gasteiger partial charge in [-0.1, -0.05) is 0 Å². The molecule has 0 bridgehead atoms. The zero-order chi connectivity index (χ0) is 27.6. The number of nitrogens with two attached hydrogens (primary N) is 1. The molecule has 4 rings (SSSR count). The number of anilines is 5. The Morgan fingerprint density at radius 1 is 1.03 bits per heavy atom. The molecule has 13 heteroatoms. The van der Waals surface area contributed by atoms with Gasteiger partial charge in [-0.05, 0) is 58.9 Å². The Morgan fingerprint density at radius 2 is 1.63 bits per heavy atom. The van der Waals surface area contributed by atoms with Crippen LogP contribution < -0.4 is 21.3 Å². The SMILES string of the molecule is CC(=O)N1[C@H](C)CN(c2cc(-n3nc(Nc4ccc(NC(=O)OC(C)(C)C)cc4)nc3N)ncn2)C[C@@H]1C. The molecule has 2 atom stereocenters. The maximum atomic E-state index is 12.0. The molecule has 3 heterocycles. The van der Waals surface area contributed by atoms with Gasteiger partial charge in [0.15, 0.2) is 5.82 Å². The summed E-state index contributed by atoms with van der Waals surface area (Å²) in [5, 5.41) is 10.2. The van der Waals surface area contributed by atoms with Crippen molar-refractivity contribution >= 4 is 41.1 Å². The first kappa shape index (κ1) is 26.6. The van der Waals surface area contributed by atoms with Crippen molar-refractivity contribution in [2.45, 2.75) is 59.2 Å². The summed E-state index contributed by atoms with van der Waals surface area (Å²) in [6.07, 6.45) is 0.933. The van der Waals surface area contributed by atoms with Crippen LogP contribution in [0.2, 0.25) is 0 Å². The summed E-state index contributed by atoms with van der Waals surface area (Å²) in [7, 11) is 0. The van der Waals surface area contributed by atoms with Gasteiger partial charge in [0.25, 0.3) is 0 Å². The van der Waals surface area contributed by atoms with Crippen LogP contribution in [0.25, 0.3) is 5.82 Å². The number of aromatic nitrogens is 5. The predicted octanol–water partition coefficient (Wildman–Crippen LogP) is 3.18. The van der Waals surface area contributed by atoms with E-state index in [1.807, 2.05) is 18.7 Å². The van der Waals surface area contributed by atoms with E-state index in [0.29, 0.717) is 30.3 Å². The van der Waals surface area contributed by atoms with Gasteiger partial charge >= 0.3 is 6.09 Å². The van der Waals surface area contributed by atoms with E-state index in [9.17, 15) is 9.59 Å². The van der Waals surface area contributed by atoms with Crippen molar-refractivity contribution in [1.29, 1.82) is 0 Å². The fourth-order valence-corrected chi connectivity index (χ4v) is 4.49. The number of piperazine rings is 1. The molecule has 1 saturated heterocycles. The average Bonchev–Trinajstić information content (AvgIpc) is 3.18. The van der Waals surface area contributed by atoms with Crippen LogP contribution in [-0.2, 0) is 9.53 Å². The van der Waals surface area contributed by atoms with Crippen LogP contribution in [0.15, 0.2) is 36.7 Å². The third-order valence-electron chi connectivity index (χ3n) is 5.88. The first-order valence-corrected chi connectivity index (χ1v) is 12.4. The number of hydrogen-bond donors (Lipinski definition) is 3. The summed E-state index contributed by atoms with van der Waals surface area (Å²) in [6.45, 7) is 12.4. The molecule has 3 aromatic rings. The molecule has 38 heavy (non-hydrogen) atoms. The lowest BCUT2D eigenvalue weighted by molar-refractivity contribution is -0.133. The van der Waals surface area contributed by atoms with Gasteiger partial charge in [-0.2, -0.15) is 9.67 Å². The Bertz CT molecular complexity index is 1290. The maximum absolute atomic E-state index is 12.0. The minimum absolute atomic E-state index is 0.0487. The van der Waals surface area contributed by atoms with E-state index in [2.05, 4.69) is 35.6 Å². The molecule has 2 amide bonds. The second kappa shape index (κ2) is 10.5. The summed E-state index contributed by atoms with van der Waals surface area (Å²) in [5.41, 5.74) is 6.86. The van der Waals surface area contributed by atoms with Crippen LogP contribution in [-0.4, -0.2) is 72.4 Å². The predicted molar refractivity (Wildman–Crippen MR) is 145 cm³/mol.